The second-order valence-electron chi connectivity index (χ2n) is 5.30. The molecule has 1 amide bonds. The van der Waals surface area contributed by atoms with Crippen LogP contribution in [0.4, 0.5) is 17.6 Å². The minimum absolute atomic E-state index is 0.0152. The lowest BCUT2D eigenvalue weighted by Crippen LogP contribution is -2.44. The number of alkyl halides is 3. The van der Waals surface area contributed by atoms with Crippen LogP contribution in [0.1, 0.15) is 5.56 Å². The van der Waals surface area contributed by atoms with Gasteiger partial charge < -0.3 is 9.88 Å². The second-order valence-corrected chi connectivity index (χ2v) is 5.71. The number of hydrogen-bond donors (Lipinski definition) is 1. The van der Waals surface area contributed by atoms with Gasteiger partial charge in [0.05, 0.1) is 5.02 Å². The zero-order valence-electron chi connectivity index (χ0n) is 13.0. The number of carbonyl (C=O) groups excluding carboxylic acids is 1. The summed E-state index contributed by atoms with van der Waals surface area (Å²) in [5, 5.41) is 2.30. The van der Waals surface area contributed by atoms with Crippen molar-refractivity contribution in [2.45, 2.75) is 25.8 Å². The fraction of sp³-hybridized carbons (Fsp3) is 0.267. The lowest BCUT2D eigenvalue weighted by molar-refractivity contribution is -0.141. The van der Waals surface area contributed by atoms with E-state index < -0.39 is 42.1 Å². The summed E-state index contributed by atoms with van der Waals surface area (Å²) in [5.74, 6) is -1.28. The molecule has 1 N–H and O–H groups in total. The standard InChI is InChI=1S/C15H12ClF4N3O3/c16-10-5-9(1-2-11(10)17)6-21-12(24)7-22-3-4-23(8-15(18,19)20)14(26)13(22)25/h1-5H,6-8H2,(H,21,24). The highest BCUT2D eigenvalue weighted by molar-refractivity contribution is 6.30. The van der Waals surface area contributed by atoms with Crippen molar-refractivity contribution in [2.24, 2.45) is 0 Å². The maximum Gasteiger partial charge on any atom is 0.406 e. The molecule has 0 aliphatic rings. The van der Waals surface area contributed by atoms with Crippen LogP contribution in [0.5, 0.6) is 0 Å². The number of carbonyl (C=O) groups is 1. The monoisotopic (exact) mass is 393 g/mol. The van der Waals surface area contributed by atoms with Crippen LogP contribution in [0, 0.1) is 5.82 Å². The molecule has 6 nitrogen and oxygen atoms in total. The average Bonchev–Trinajstić information content (AvgIpc) is 2.54. The van der Waals surface area contributed by atoms with Crippen LogP contribution < -0.4 is 16.4 Å². The number of halogens is 5. The summed E-state index contributed by atoms with van der Waals surface area (Å²) in [7, 11) is 0. The van der Waals surface area contributed by atoms with Gasteiger partial charge in [-0.2, -0.15) is 13.2 Å². The quantitative estimate of drug-likeness (QED) is 0.620. The first-order valence-corrected chi connectivity index (χ1v) is 7.52. The summed E-state index contributed by atoms with van der Waals surface area (Å²) in [4.78, 5) is 35.3. The second kappa shape index (κ2) is 7.73. The van der Waals surface area contributed by atoms with Crippen molar-refractivity contribution in [2.75, 3.05) is 0 Å². The molecule has 0 unspecified atom stereocenters. The number of amides is 1. The molecule has 1 aromatic carbocycles. The van der Waals surface area contributed by atoms with Crippen LogP contribution >= 0.6 is 11.6 Å². The van der Waals surface area contributed by atoms with Crippen molar-refractivity contribution in [1.29, 1.82) is 0 Å². The summed E-state index contributed by atoms with van der Waals surface area (Å²) < 4.78 is 50.9. The highest BCUT2D eigenvalue weighted by Gasteiger charge is 2.28. The Morgan fingerprint density at radius 1 is 1.12 bits per heavy atom. The maximum atomic E-state index is 13.0. The van der Waals surface area contributed by atoms with Crippen molar-refractivity contribution in [1.82, 2.24) is 14.5 Å². The number of nitrogens with zero attached hydrogens (tertiary/aromatic N) is 2. The molecule has 0 aliphatic heterocycles. The molecular formula is C15H12ClF4N3O3. The molecule has 11 heteroatoms. The zero-order chi connectivity index (χ0) is 19.5. The molecule has 0 fully saturated rings. The predicted molar refractivity (Wildman–Crippen MR) is 84.3 cm³/mol. The van der Waals surface area contributed by atoms with Gasteiger partial charge in [0.25, 0.3) is 0 Å². The third kappa shape index (κ3) is 5.19. The Morgan fingerprint density at radius 3 is 2.35 bits per heavy atom. The van der Waals surface area contributed by atoms with Crippen LogP contribution in [0.15, 0.2) is 40.2 Å². The van der Waals surface area contributed by atoms with Gasteiger partial charge in [0, 0.05) is 18.9 Å². The van der Waals surface area contributed by atoms with Crippen LogP contribution in [0.2, 0.25) is 5.02 Å². The summed E-state index contributed by atoms with van der Waals surface area (Å²) >= 11 is 5.61. The van der Waals surface area contributed by atoms with Gasteiger partial charge in [0.1, 0.15) is 18.9 Å². The Hall–Kier alpha value is -2.62. The fourth-order valence-electron chi connectivity index (χ4n) is 2.05. The van der Waals surface area contributed by atoms with Crippen molar-refractivity contribution < 1.29 is 22.4 Å². The van der Waals surface area contributed by atoms with Gasteiger partial charge in [-0.1, -0.05) is 17.7 Å². The van der Waals surface area contributed by atoms with Crippen molar-refractivity contribution in [3.63, 3.8) is 0 Å². The normalized spacial score (nSPS) is 11.4. The van der Waals surface area contributed by atoms with E-state index in [9.17, 15) is 31.9 Å². The SMILES string of the molecule is O=C(Cn1ccn(CC(F)(F)F)c(=O)c1=O)NCc1ccc(F)c(Cl)c1. The largest absolute Gasteiger partial charge is 0.406 e. The summed E-state index contributed by atoms with van der Waals surface area (Å²) in [6, 6.07) is 3.82. The van der Waals surface area contributed by atoms with E-state index in [0.29, 0.717) is 10.1 Å². The smallest absolute Gasteiger partial charge is 0.350 e. The van der Waals surface area contributed by atoms with Crippen LogP contribution in [-0.4, -0.2) is 21.2 Å². The molecule has 0 spiro atoms. The minimum atomic E-state index is -4.66. The summed E-state index contributed by atoms with van der Waals surface area (Å²) in [6.45, 7) is -2.17. The topological polar surface area (TPSA) is 73.1 Å². The highest BCUT2D eigenvalue weighted by atomic mass is 35.5. The van der Waals surface area contributed by atoms with E-state index in [1.54, 1.807) is 0 Å². The van der Waals surface area contributed by atoms with Gasteiger partial charge in [-0.3, -0.25) is 19.0 Å². The van der Waals surface area contributed by atoms with E-state index >= 15 is 0 Å². The molecular weight excluding hydrogens is 382 g/mol. The lowest BCUT2D eigenvalue weighted by Gasteiger charge is -2.11. The molecule has 0 saturated carbocycles. The predicted octanol–water partition coefficient (Wildman–Crippen LogP) is 1.68. The van der Waals surface area contributed by atoms with Crippen LogP contribution in [0.3, 0.4) is 0 Å². The van der Waals surface area contributed by atoms with Gasteiger partial charge in [-0.05, 0) is 17.7 Å². The molecule has 140 valence electrons. The van der Waals surface area contributed by atoms with Gasteiger partial charge in [0.2, 0.25) is 5.91 Å². The van der Waals surface area contributed by atoms with Crippen molar-refractivity contribution in [3.8, 4) is 0 Å². The molecule has 1 aromatic heterocycles. The minimum Gasteiger partial charge on any atom is -0.350 e. The van der Waals surface area contributed by atoms with E-state index in [2.05, 4.69) is 5.32 Å². The van der Waals surface area contributed by atoms with Gasteiger partial charge in [-0.25, -0.2) is 4.39 Å². The molecule has 0 saturated heterocycles. The third-order valence-corrected chi connectivity index (χ3v) is 3.56. The molecule has 0 radical (unpaired) electrons. The molecule has 26 heavy (non-hydrogen) atoms. The van der Waals surface area contributed by atoms with Gasteiger partial charge in [-0.15, -0.1) is 0 Å². The molecule has 2 rings (SSSR count). The number of benzene rings is 1. The first-order valence-electron chi connectivity index (χ1n) is 7.14. The first-order chi connectivity index (χ1) is 12.1. The Morgan fingerprint density at radius 2 is 1.73 bits per heavy atom. The highest BCUT2D eigenvalue weighted by Crippen LogP contribution is 2.16. The van der Waals surface area contributed by atoms with Crippen LogP contribution in [-0.2, 0) is 24.4 Å². The summed E-state index contributed by atoms with van der Waals surface area (Å²) in [6.07, 6.45) is -2.95. The molecule has 0 aliphatic carbocycles. The van der Waals surface area contributed by atoms with E-state index in [1.807, 2.05) is 0 Å². The van der Waals surface area contributed by atoms with Crippen molar-refractivity contribution >= 4 is 17.5 Å². The Bertz CT molecular complexity index is 937. The first kappa shape index (κ1) is 19.7. The van der Waals surface area contributed by atoms with Gasteiger partial charge in [0.15, 0.2) is 0 Å². The molecule has 2 aromatic rings. The fourth-order valence-corrected chi connectivity index (χ4v) is 2.25. The number of aromatic nitrogens is 2. The molecule has 0 bridgehead atoms. The number of nitrogens with one attached hydrogen (secondary N) is 1. The third-order valence-electron chi connectivity index (χ3n) is 3.27. The van der Waals surface area contributed by atoms with Gasteiger partial charge >= 0.3 is 17.3 Å². The Labute approximate surface area is 148 Å². The molecule has 1 heterocycles. The number of rotatable bonds is 5. The maximum absolute atomic E-state index is 13.0. The van der Waals surface area contributed by atoms with E-state index in [4.69, 9.17) is 11.6 Å². The van der Waals surface area contributed by atoms with Crippen LogP contribution in [0.25, 0.3) is 0 Å². The average molecular weight is 394 g/mol. The Balaban J connectivity index is 2.05. The van der Waals surface area contributed by atoms with E-state index in [0.717, 1.165) is 18.5 Å². The van der Waals surface area contributed by atoms with E-state index in [1.165, 1.54) is 12.1 Å². The molecule has 0 atom stereocenters. The summed E-state index contributed by atoms with van der Waals surface area (Å²) in [5.41, 5.74) is -2.14. The lowest BCUT2D eigenvalue weighted by atomic mass is 10.2. The van der Waals surface area contributed by atoms with Crippen molar-refractivity contribution in [3.05, 3.63) is 67.7 Å². The number of hydrogen-bond acceptors (Lipinski definition) is 3. The zero-order valence-corrected chi connectivity index (χ0v) is 13.8. The van der Waals surface area contributed by atoms with E-state index in [-0.39, 0.29) is 16.1 Å². The Kier molecular flexibility index (Phi) is 5.86.